The van der Waals surface area contributed by atoms with Crippen LogP contribution in [-0.2, 0) is 11.2 Å². The average molecular weight is 346 g/mol. The molecule has 5 nitrogen and oxygen atoms in total. The molecule has 0 aliphatic heterocycles. The number of nitrogens with one attached hydrogen (secondary N) is 1. The van der Waals surface area contributed by atoms with Crippen molar-refractivity contribution in [3.63, 3.8) is 0 Å². The van der Waals surface area contributed by atoms with Crippen molar-refractivity contribution in [3.05, 3.63) is 84.2 Å². The number of benzene rings is 2. The van der Waals surface area contributed by atoms with Crippen LogP contribution in [0.15, 0.2) is 78.0 Å². The van der Waals surface area contributed by atoms with Crippen LogP contribution in [0.25, 0.3) is 5.69 Å². The van der Waals surface area contributed by atoms with Crippen molar-refractivity contribution in [2.75, 3.05) is 19.0 Å². The van der Waals surface area contributed by atoms with E-state index in [2.05, 4.69) is 39.7 Å². The third-order valence-electron chi connectivity index (χ3n) is 4.02. The number of carbonyl (C=O) groups is 1. The zero-order valence-corrected chi connectivity index (χ0v) is 15.0. The summed E-state index contributed by atoms with van der Waals surface area (Å²) in [5.74, 6) is -0.138. The highest BCUT2D eigenvalue weighted by Crippen LogP contribution is 2.17. The fourth-order valence-corrected chi connectivity index (χ4v) is 2.64. The van der Waals surface area contributed by atoms with E-state index in [0.29, 0.717) is 6.42 Å². The minimum atomic E-state index is -0.138. The van der Waals surface area contributed by atoms with Crippen LogP contribution in [0.2, 0.25) is 0 Å². The first-order chi connectivity index (χ1) is 12.6. The van der Waals surface area contributed by atoms with Gasteiger partial charge < -0.3 is 9.47 Å². The average Bonchev–Trinajstić information content (AvgIpc) is 3.11. The van der Waals surface area contributed by atoms with E-state index >= 15 is 0 Å². The molecule has 0 radical (unpaired) electrons. The van der Waals surface area contributed by atoms with E-state index in [-0.39, 0.29) is 5.91 Å². The molecule has 1 amide bonds. The Balaban J connectivity index is 1.65. The summed E-state index contributed by atoms with van der Waals surface area (Å²) in [6.07, 6.45) is 3.94. The zero-order valence-electron chi connectivity index (χ0n) is 15.0. The van der Waals surface area contributed by atoms with Gasteiger partial charge in [0.05, 0.1) is 18.3 Å². The molecule has 3 aromatic rings. The van der Waals surface area contributed by atoms with Crippen LogP contribution in [0.5, 0.6) is 0 Å². The lowest BCUT2D eigenvalue weighted by Gasteiger charge is -2.13. The number of nitrogens with zero attached hydrogens (tertiary/aromatic N) is 3. The van der Waals surface area contributed by atoms with Crippen LogP contribution >= 0.6 is 0 Å². The SMILES string of the molecule is CN(C)c1ccc(-n2cccc2/C=N\NC(=O)Cc2ccccc2)cc1. The summed E-state index contributed by atoms with van der Waals surface area (Å²) in [6, 6.07) is 21.8. The Morgan fingerprint density at radius 3 is 2.46 bits per heavy atom. The Labute approximate surface area is 153 Å². The highest BCUT2D eigenvalue weighted by atomic mass is 16.2. The molecular weight excluding hydrogens is 324 g/mol. The van der Waals surface area contributed by atoms with Crippen molar-refractivity contribution in [3.8, 4) is 5.69 Å². The topological polar surface area (TPSA) is 49.6 Å². The summed E-state index contributed by atoms with van der Waals surface area (Å²) >= 11 is 0. The fraction of sp³-hybridized carbons (Fsp3) is 0.143. The highest BCUT2D eigenvalue weighted by molar-refractivity contribution is 5.82. The van der Waals surface area contributed by atoms with E-state index < -0.39 is 0 Å². The van der Waals surface area contributed by atoms with Crippen LogP contribution in [0, 0.1) is 0 Å². The van der Waals surface area contributed by atoms with E-state index in [0.717, 1.165) is 22.6 Å². The summed E-state index contributed by atoms with van der Waals surface area (Å²) in [5, 5.41) is 4.09. The fourth-order valence-electron chi connectivity index (χ4n) is 2.64. The second kappa shape index (κ2) is 8.16. The number of anilines is 1. The molecule has 26 heavy (non-hydrogen) atoms. The van der Waals surface area contributed by atoms with Crippen LogP contribution in [0.3, 0.4) is 0 Å². The Morgan fingerprint density at radius 2 is 1.77 bits per heavy atom. The molecule has 132 valence electrons. The Morgan fingerprint density at radius 1 is 1.04 bits per heavy atom. The van der Waals surface area contributed by atoms with Gasteiger partial charge >= 0.3 is 0 Å². The van der Waals surface area contributed by atoms with Gasteiger partial charge in [0.1, 0.15) is 0 Å². The number of aromatic nitrogens is 1. The van der Waals surface area contributed by atoms with E-state index in [1.54, 1.807) is 6.21 Å². The van der Waals surface area contributed by atoms with Gasteiger partial charge in [-0.3, -0.25) is 4.79 Å². The molecule has 0 fully saturated rings. The third kappa shape index (κ3) is 4.39. The largest absolute Gasteiger partial charge is 0.378 e. The van der Waals surface area contributed by atoms with Crippen LogP contribution in [0.1, 0.15) is 11.3 Å². The van der Waals surface area contributed by atoms with Crippen molar-refractivity contribution >= 4 is 17.8 Å². The van der Waals surface area contributed by atoms with Crippen molar-refractivity contribution < 1.29 is 4.79 Å². The van der Waals surface area contributed by atoms with Gasteiger partial charge in [-0.25, -0.2) is 5.43 Å². The predicted molar refractivity (Wildman–Crippen MR) is 106 cm³/mol. The molecule has 0 saturated heterocycles. The van der Waals surface area contributed by atoms with Crippen LogP contribution in [-0.4, -0.2) is 30.8 Å². The second-order valence-corrected chi connectivity index (χ2v) is 6.17. The first-order valence-corrected chi connectivity index (χ1v) is 8.44. The smallest absolute Gasteiger partial charge is 0.244 e. The minimum Gasteiger partial charge on any atom is -0.378 e. The van der Waals surface area contributed by atoms with Gasteiger partial charge in [-0.2, -0.15) is 5.10 Å². The van der Waals surface area contributed by atoms with Crippen molar-refractivity contribution in [2.24, 2.45) is 5.10 Å². The van der Waals surface area contributed by atoms with Gasteiger partial charge in [0.2, 0.25) is 5.91 Å². The molecule has 0 saturated carbocycles. The van der Waals surface area contributed by atoms with Crippen molar-refractivity contribution in [1.29, 1.82) is 0 Å². The molecule has 0 aliphatic rings. The van der Waals surface area contributed by atoms with Crippen molar-refractivity contribution in [1.82, 2.24) is 9.99 Å². The molecule has 1 N–H and O–H groups in total. The number of amides is 1. The molecule has 1 heterocycles. The van der Waals surface area contributed by atoms with Gasteiger partial charge in [0.25, 0.3) is 0 Å². The normalized spacial score (nSPS) is 10.8. The number of hydrogen-bond acceptors (Lipinski definition) is 3. The van der Waals surface area contributed by atoms with Gasteiger partial charge in [-0.1, -0.05) is 30.3 Å². The summed E-state index contributed by atoms with van der Waals surface area (Å²) < 4.78 is 2.02. The lowest BCUT2D eigenvalue weighted by Crippen LogP contribution is -2.19. The van der Waals surface area contributed by atoms with Gasteiger partial charge in [0.15, 0.2) is 0 Å². The number of carbonyl (C=O) groups excluding carboxylic acids is 1. The zero-order chi connectivity index (χ0) is 18.4. The number of hydrazone groups is 1. The van der Waals surface area contributed by atoms with E-state index in [1.807, 2.05) is 67.3 Å². The first kappa shape index (κ1) is 17.5. The molecule has 0 aliphatic carbocycles. The molecule has 5 heteroatoms. The molecule has 0 spiro atoms. The van der Waals surface area contributed by atoms with Gasteiger partial charge in [-0.15, -0.1) is 0 Å². The Kier molecular flexibility index (Phi) is 5.49. The number of rotatable bonds is 6. The Bertz CT molecular complexity index is 880. The summed E-state index contributed by atoms with van der Waals surface area (Å²) in [6.45, 7) is 0. The van der Waals surface area contributed by atoms with Gasteiger partial charge in [0, 0.05) is 31.7 Å². The molecule has 3 rings (SSSR count). The predicted octanol–water partition coefficient (Wildman–Crippen LogP) is 3.24. The number of hydrogen-bond donors (Lipinski definition) is 1. The third-order valence-corrected chi connectivity index (χ3v) is 4.02. The quantitative estimate of drug-likeness (QED) is 0.550. The van der Waals surface area contributed by atoms with Crippen LogP contribution < -0.4 is 10.3 Å². The lowest BCUT2D eigenvalue weighted by atomic mass is 10.1. The van der Waals surface area contributed by atoms with Gasteiger partial charge in [-0.05, 0) is 42.0 Å². The minimum absolute atomic E-state index is 0.138. The second-order valence-electron chi connectivity index (χ2n) is 6.17. The van der Waals surface area contributed by atoms with Crippen molar-refractivity contribution in [2.45, 2.75) is 6.42 Å². The van der Waals surface area contributed by atoms with E-state index in [4.69, 9.17) is 0 Å². The van der Waals surface area contributed by atoms with E-state index in [9.17, 15) is 4.79 Å². The molecule has 0 bridgehead atoms. The molecule has 0 atom stereocenters. The molecular formula is C21H22N4O. The van der Waals surface area contributed by atoms with Crippen LogP contribution in [0.4, 0.5) is 5.69 Å². The summed E-state index contributed by atoms with van der Waals surface area (Å²) in [4.78, 5) is 14.0. The monoisotopic (exact) mass is 346 g/mol. The maximum Gasteiger partial charge on any atom is 0.244 e. The Hall–Kier alpha value is -3.34. The standard InChI is InChI=1S/C21H22N4O/c1-24(2)18-10-12-19(13-11-18)25-14-6-9-20(25)16-22-23-21(26)15-17-7-4-3-5-8-17/h3-14,16H,15H2,1-2H3,(H,23,26)/b22-16-. The summed E-state index contributed by atoms with van der Waals surface area (Å²) in [7, 11) is 4.03. The molecule has 1 aromatic heterocycles. The maximum absolute atomic E-state index is 12.0. The van der Waals surface area contributed by atoms with E-state index in [1.165, 1.54) is 0 Å². The maximum atomic E-state index is 12.0. The summed E-state index contributed by atoms with van der Waals surface area (Å²) in [5.41, 5.74) is 6.62. The molecule has 2 aromatic carbocycles. The molecule has 0 unspecified atom stereocenters. The first-order valence-electron chi connectivity index (χ1n) is 8.44. The lowest BCUT2D eigenvalue weighted by molar-refractivity contribution is -0.120. The highest BCUT2D eigenvalue weighted by Gasteiger charge is 2.04.